The molecular formula is C17H16Cl2N2O. The van der Waals surface area contributed by atoms with Crippen molar-refractivity contribution >= 4 is 40.5 Å². The summed E-state index contributed by atoms with van der Waals surface area (Å²) in [7, 11) is 0. The Balaban J connectivity index is 1.74. The summed E-state index contributed by atoms with van der Waals surface area (Å²) in [6, 6.07) is 13.3. The normalized spacial score (nSPS) is 13.6. The fourth-order valence-electron chi connectivity index (χ4n) is 2.72. The zero-order chi connectivity index (χ0) is 15.5. The summed E-state index contributed by atoms with van der Waals surface area (Å²) in [6.45, 7) is 0.908. The number of nitrogens with zero attached hydrogens (tertiary/aromatic N) is 1. The predicted octanol–water partition coefficient (Wildman–Crippen LogP) is 4.38. The first-order valence-electron chi connectivity index (χ1n) is 7.23. The van der Waals surface area contributed by atoms with Crippen molar-refractivity contribution in [2.24, 2.45) is 0 Å². The number of para-hydroxylation sites is 2. The molecule has 0 radical (unpaired) electrons. The first-order chi connectivity index (χ1) is 10.7. The minimum absolute atomic E-state index is 0.0168. The minimum atomic E-state index is 0.0168. The first-order valence-corrected chi connectivity index (χ1v) is 7.98. The van der Waals surface area contributed by atoms with Crippen LogP contribution in [0.5, 0.6) is 0 Å². The fourth-order valence-corrected chi connectivity index (χ4v) is 3.25. The molecule has 0 saturated heterocycles. The molecular weight excluding hydrogens is 319 g/mol. The Morgan fingerprint density at radius 2 is 1.82 bits per heavy atom. The molecule has 0 aliphatic carbocycles. The van der Waals surface area contributed by atoms with Gasteiger partial charge in [0.05, 0.1) is 22.3 Å². The van der Waals surface area contributed by atoms with Gasteiger partial charge in [-0.3, -0.25) is 4.79 Å². The highest BCUT2D eigenvalue weighted by Crippen LogP contribution is 2.30. The second kappa shape index (κ2) is 6.59. The number of nitrogens with one attached hydrogen (secondary N) is 1. The van der Waals surface area contributed by atoms with Crippen LogP contribution in [0.15, 0.2) is 42.5 Å². The number of benzene rings is 2. The lowest BCUT2D eigenvalue weighted by Gasteiger charge is -2.29. The van der Waals surface area contributed by atoms with Crippen molar-refractivity contribution in [1.82, 2.24) is 0 Å². The zero-order valence-electron chi connectivity index (χ0n) is 12.0. The molecule has 1 aliphatic heterocycles. The van der Waals surface area contributed by atoms with Crippen molar-refractivity contribution in [3.05, 3.63) is 58.1 Å². The van der Waals surface area contributed by atoms with E-state index in [2.05, 4.69) is 11.4 Å². The minimum Gasteiger partial charge on any atom is -0.374 e. The van der Waals surface area contributed by atoms with Gasteiger partial charge >= 0.3 is 0 Å². The van der Waals surface area contributed by atoms with Crippen molar-refractivity contribution in [2.75, 3.05) is 23.3 Å². The van der Waals surface area contributed by atoms with Crippen molar-refractivity contribution in [1.29, 1.82) is 0 Å². The Kier molecular flexibility index (Phi) is 4.55. The van der Waals surface area contributed by atoms with Gasteiger partial charge in [-0.15, -0.1) is 0 Å². The Labute approximate surface area is 139 Å². The number of carbonyl (C=O) groups excluding carboxylic acids is 1. The highest BCUT2D eigenvalue weighted by molar-refractivity contribution is 6.39. The maximum atomic E-state index is 12.5. The molecule has 5 heteroatoms. The van der Waals surface area contributed by atoms with Gasteiger partial charge in [0.1, 0.15) is 0 Å². The molecule has 3 nitrogen and oxygen atoms in total. The number of carbonyl (C=O) groups is 1. The molecule has 22 heavy (non-hydrogen) atoms. The molecule has 1 aliphatic rings. The first kappa shape index (κ1) is 15.2. The van der Waals surface area contributed by atoms with Gasteiger partial charge in [0.2, 0.25) is 5.91 Å². The van der Waals surface area contributed by atoms with E-state index in [0.29, 0.717) is 15.7 Å². The molecule has 2 aromatic carbocycles. The third-order valence-electron chi connectivity index (χ3n) is 3.79. The number of rotatable bonds is 3. The Morgan fingerprint density at radius 1 is 1.09 bits per heavy atom. The second-order valence-electron chi connectivity index (χ2n) is 5.23. The summed E-state index contributed by atoms with van der Waals surface area (Å²) in [5.41, 5.74) is 2.83. The van der Waals surface area contributed by atoms with E-state index < -0.39 is 0 Å². The zero-order valence-corrected chi connectivity index (χ0v) is 13.5. The van der Waals surface area contributed by atoms with Crippen LogP contribution < -0.4 is 10.2 Å². The number of fused-ring (bicyclic) bond motifs is 1. The van der Waals surface area contributed by atoms with Gasteiger partial charge in [0.15, 0.2) is 0 Å². The third kappa shape index (κ3) is 3.06. The van der Waals surface area contributed by atoms with Crippen LogP contribution in [0, 0.1) is 0 Å². The lowest BCUT2D eigenvalue weighted by molar-refractivity contribution is -0.117. The van der Waals surface area contributed by atoms with E-state index in [-0.39, 0.29) is 12.5 Å². The van der Waals surface area contributed by atoms with E-state index >= 15 is 0 Å². The molecule has 0 aromatic heterocycles. The largest absolute Gasteiger partial charge is 0.374 e. The van der Waals surface area contributed by atoms with Crippen LogP contribution in [-0.4, -0.2) is 19.0 Å². The Hall–Kier alpha value is -1.71. The molecule has 0 spiro atoms. The van der Waals surface area contributed by atoms with E-state index in [9.17, 15) is 4.79 Å². The molecule has 0 atom stereocenters. The summed E-state index contributed by atoms with van der Waals surface area (Å²) in [6.07, 6.45) is 2.00. The maximum absolute atomic E-state index is 12.5. The second-order valence-corrected chi connectivity index (χ2v) is 6.04. The number of aryl methyl sites for hydroxylation is 1. The van der Waals surface area contributed by atoms with Crippen molar-refractivity contribution in [3.8, 4) is 0 Å². The smallest absolute Gasteiger partial charge is 0.246 e. The van der Waals surface area contributed by atoms with Crippen LogP contribution >= 0.6 is 23.2 Å². The summed E-state index contributed by atoms with van der Waals surface area (Å²) < 4.78 is 0. The molecule has 0 unspecified atom stereocenters. The van der Waals surface area contributed by atoms with E-state index in [1.165, 1.54) is 5.56 Å². The van der Waals surface area contributed by atoms with Gasteiger partial charge in [-0.2, -0.15) is 0 Å². The van der Waals surface area contributed by atoms with Gasteiger partial charge in [-0.1, -0.05) is 47.5 Å². The van der Waals surface area contributed by atoms with Gasteiger partial charge < -0.3 is 10.2 Å². The van der Waals surface area contributed by atoms with Gasteiger partial charge in [-0.05, 0) is 36.6 Å². The Morgan fingerprint density at radius 3 is 2.59 bits per heavy atom. The van der Waals surface area contributed by atoms with Crippen LogP contribution in [0.3, 0.4) is 0 Å². The standard InChI is InChI=1S/C17H16Cl2N2O/c18-13-7-3-8-14(19)17(13)20-11-16(22)21-10-4-6-12-5-1-2-9-15(12)21/h1-3,5,7-9,20H,4,6,10-11H2. The summed E-state index contributed by atoms with van der Waals surface area (Å²) in [4.78, 5) is 14.4. The Bertz CT molecular complexity index is 683. The average Bonchev–Trinajstić information content (AvgIpc) is 2.53. The van der Waals surface area contributed by atoms with Crippen LogP contribution in [0.1, 0.15) is 12.0 Å². The predicted molar refractivity (Wildman–Crippen MR) is 92.1 cm³/mol. The molecule has 2 aromatic rings. The summed E-state index contributed by atoms with van der Waals surface area (Å²) in [5.74, 6) is 0.0168. The highest BCUT2D eigenvalue weighted by atomic mass is 35.5. The topological polar surface area (TPSA) is 32.3 Å². The SMILES string of the molecule is O=C(CNc1c(Cl)cccc1Cl)N1CCCc2ccccc21. The fraction of sp³-hybridized carbons (Fsp3) is 0.235. The molecule has 1 N–H and O–H groups in total. The van der Waals surface area contributed by atoms with Gasteiger partial charge in [0, 0.05) is 12.2 Å². The monoisotopic (exact) mass is 334 g/mol. The van der Waals surface area contributed by atoms with E-state index in [1.54, 1.807) is 18.2 Å². The summed E-state index contributed by atoms with van der Waals surface area (Å²) >= 11 is 12.2. The lowest BCUT2D eigenvalue weighted by Crippen LogP contribution is -2.39. The van der Waals surface area contributed by atoms with Crippen molar-refractivity contribution in [2.45, 2.75) is 12.8 Å². The van der Waals surface area contributed by atoms with Crippen LogP contribution in [0.2, 0.25) is 10.0 Å². The molecule has 0 bridgehead atoms. The van der Waals surface area contributed by atoms with Crippen LogP contribution in [-0.2, 0) is 11.2 Å². The average molecular weight is 335 g/mol. The summed E-state index contributed by atoms with van der Waals surface area (Å²) in [5, 5.41) is 4.08. The van der Waals surface area contributed by atoms with Crippen LogP contribution in [0.4, 0.5) is 11.4 Å². The number of halogens is 2. The maximum Gasteiger partial charge on any atom is 0.246 e. The number of amides is 1. The molecule has 1 amide bonds. The lowest BCUT2D eigenvalue weighted by atomic mass is 10.0. The molecule has 3 rings (SSSR count). The molecule has 114 valence electrons. The third-order valence-corrected chi connectivity index (χ3v) is 4.42. The van der Waals surface area contributed by atoms with Gasteiger partial charge in [-0.25, -0.2) is 0 Å². The van der Waals surface area contributed by atoms with Crippen LogP contribution in [0.25, 0.3) is 0 Å². The van der Waals surface area contributed by atoms with E-state index in [1.807, 2.05) is 23.1 Å². The number of hydrogen-bond donors (Lipinski definition) is 1. The molecule has 0 saturated carbocycles. The van der Waals surface area contributed by atoms with Crippen molar-refractivity contribution in [3.63, 3.8) is 0 Å². The number of anilines is 2. The van der Waals surface area contributed by atoms with Gasteiger partial charge in [0.25, 0.3) is 0 Å². The molecule has 0 fully saturated rings. The molecule has 1 heterocycles. The van der Waals surface area contributed by atoms with E-state index in [0.717, 1.165) is 25.1 Å². The van der Waals surface area contributed by atoms with Crippen molar-refractivity contribution < 1.29 is 4.79 Å². The highest BCUT2D eigenvalue weighted by Gasteiger charge is 2.22. The van der Waals surface area contributed by atoms with E-state index in [4.69, 9.17) is 23.2 Å². The number of hydrogen-bond acceptors (Lipinski definition) is 2. The quantitative estimate of drug-likeness (QED) is 0.902.